The minimum absolute atomic E-state index is 0. The number of carbonyl (C=O) groups excluding carboxylic acids is 1. The summed E-state index contributed by atoms with van der Waals surface area (Å²) in [6.45, 7) is 5.63. The fourth-order valence-electron chi connectivity index (χ4n) is 0.568. The van der Waals surface area contributed by atoms with Crippen molar-refractivity contribution < 1.29 is 18.8 Å². The Morgan fingerprint density at radius 3 is 1.82 bits per heavy atom. The summed E-state index contributed by atoms with van der Waals surface area (Å²) < 4.78 is 14.4. The molecule has 9 heteroatoms. The third-order valence-electron chi connectivity index (χ3n) is 1.20. The molecule has 22 heavy (non-hydrogen) atoms. The molecule has 0 aromatic heterocycles. The van der Waals surface area contributed by atoms with Crippen LogP contribution in [0.4, 0.5) is 0 Å². The number of amides is 1. The zero-order valence-electron chi connectivity index (χ0n) is 14.8. The predicted octanol–water partition coefficient (Wildman–Crippen LogP) is 1.51. The van der Waals surface area contributed by atoms with Crippen LogP contribution in [0, 0.1) is 0 Å². The van der Waals surface area contributed by atoms with Crippen molar-refractivity contribution in [1.82, 2.24) is 15.1 Å². The van der Waals surface area contributed by atoms with Gasteiger partial charge in [-0.3, -0.25) is 4.79 Å². The first-order valence-corrected chi connectivity index (χ1v) is 7.58. The normalized spacial score (nSPS) is 9.64. The molecular weight excluding hydrogens is 329 g/mol. The molecule has 0 radical (unpaired) electrons. The number of halogens is 1. The maximum absolute atomic E-state index is 10.9. The van der Waals surface area contributed by atoms with Crippen LogP contribution in [0.15, 0.2) is 12.2 Å². The number of hydrogen-bond acceptors (Lipinski definition) is 5. The fourth-order valence-corrected chi connectivity index (χ4v) is 0.853. The maximum Gasteiger partial charge on any atom is 0.694 e. The SMILES string of the molecule is C=C(C)C(=O)NCCCO[P+](=O)O.CN(C)C.CN(C)C.Cl. The average molecular weight is 361 g/mol. The van der Waals surface area contributed by atoms with Gasteiger partial charge in [0.25, 0.3) is 0 Å². The van der Waals surface area contributed by atoms with E-state index in [-0.39, 0.29) is 24.9 Å². The average Bonchev–Trinajstić information content (AvgIpc) is 2.26. The first-order valence-electron chi connectivity index (χ1n) is 6.45. The van der Waals surface area contributed by atoms with Crippen LogP contribution in [0.1, 0.15) is 13.3 Å². The van der Waals surface area contributed by atoms with Gasteiger partial charge in [-0.25, -0.2) is 0 Å². The van der Waals surface area contributed by atoms with Crippen LogP contribution in [0.2, 0.25) is 0 Å². The highest BCUT2D eigenvalue weighted by Crippen LogP contribution is 2.13. The highest BCUT2D eigenvalue weighted by Gasteiger charge is 2.10. The van der Waals surface area contributed by atoms with Gasteiger partial charge >= 0.3 is 8.25 Å². The molecule has 0 aliphatic rings. The number of nitrogens with one attached hydrogen (secondary N) is 1. The molecule has 1 unspecified atom stereocenters. The first-order chi connectivity index (χ1) is 9.50. The lowest BCUT2D eigenvalue weighted by atomic mass is 10.3. The van der Waals surface area contributed by atoms with E-state index in [1.165, 1.54) is 0 Å². The van der Waals surface area contributed by atoms with Gasteiger partial charge in [-0.15, -0.1) is 21.8 Å². The lowest BCUT2D eigenvalue weighted by molar-refractivity contribution is -0.117. The highest BCUT2D eigenvalue weighted by atomic mass is 35.5. The van der Waals surface area contributed by atoms with Crippen LogP contribution in [0.3, 0.4) is 0 Å². The molecule has 0 saturated heterocycles. The van der Waals surface area contributed by atoms with E-state index in [9.17, 15) is 9.36 Å². The second-order valence-corrected chi connectivity index (χ2v) is 5.88. The second kappa shape index (κ2) is 20.4. The van der Waals surface area contributed by atoms with Gasteiger partial charge in [0.1, 0.15) is 6.61 Å². The summed E-state index contributed by atoms with van der Waals surface area (Å²) >= 11 is 0. The molecule has 134 valence electrons. The largest absolute Gasteiger partial charge is 0.694 e. The zero-order valence-corrected chi connectivity index (χ0v) is 16.5. The number of hydrogen-bond donors (Lipinski definition) is 2. The van der Waals surface area contributed by atoms with Crippen molar-refractivity contribution in [1.29, 1.82) is 0 Å². The van der Waals surface area contributed by atoms with E-state index in [0.717, 1.165) is 0 Å². The van der Waals surface area contributed by atoms with Crippen molar-refractivity contribution in [3.05, 3.63) is 12.2 Å². The molecule has 0 fully saturated rings. The third-order valence-corrected chi connectivity index (χ3v) is 1.60. The van der Waals surface area contributed by atoms with Crippen LogP contribution < -0.4 is 5.32 Å². The lowest BCUT2D eigenvalue weighted by Gasteiger charge is -2.01. The quantitative estimate of drug-likeness (QED) is 0.424. The molecule has 7 nitrogen and oxygen atoms in total. The molecule has 0 bridgehead atoms. The molecule has 1 atom stereocenters. The fraction of sp³-hybridized carbons (Fsp3) is 0.769. The Kier molecular flexibility index (Phi) is 27.4. The number of rotatable bonds is 6. The number of carbonyl (C=O) groups is 1. The third kappa shape index (κ3) is 50.5. The van der Waals surface area contributed by atoms with Crippen LogP contribution in [-0.4, -0.2) is 76.0 Å². The Hall–Kier alpha value is -0.560. The highest BCUT2D eigenvalue weighted by molar-refractivity contribution is 7.32. The number of nitrogens with zero attached hydrogens (tertiary/aromatic N) is 2. The molecule has 2 N–H and O–H groups in total. The monoisotopic (exact) mass is 360 g/mol. The van der Waals surface area contributed by atoms with Gasteiger partial charge in [0.2, 0.25) is 5.91 Å². The van der Waals surface area contributed by atoms with Gasteiger partial charge < -0.3 is 15.1 Å². The van der Waals surface area contributed by atoms with Crippen molar-refractivity contribution in [3.63, 3.8) is 0 Å². The molecule has 0 saturated carbocycles. The summed E-state index contributed by atoms with van der Waals surface area (Å²) in [5.74, 6) is -0.214. The minimum atomic E-state index is -2.53. The van der Waals surface area contributed by atoms with Gasteiger partial charge in [-0.1, -0.05) is 6.58 Å². The van der Waals surface area contributed by atoms with E-state index in [0.29, 0.717) is 18.5 Å². The Morgan fingerprint density at radius 1 is 1.18 bits per heavy atom. The molecule has 1 amide bonds. The van der Waals surface area contributed by atoms with E-state index in [1.807, 2.05) is 52.1 Å². The van der Waals surface area contributed by atoms with Crippen LogP contribution >= 0.6 is 20.7 Å². The van der Waals surface area contributed by atoms with Crippen molar-refractivity contribution >= 4 is 26.6 Å². The molecule has 0 rings (SSSR count). The molecule has 0 spiro atoms. The molecule has 0 aromatic carbocycles. The van der Waals surface area contributed by atoms with E-state index in [4.69, 9.17) is 4.89 Å². The summed E-state index contributed by atoms with van der Waals surface area (Å²) in [6, 6.07) is 0. The summed E-state index contributed by atoms with van der Waals surface area (Å²) in [4.78, 5) is 23.1. The van der Waals surface area contributed by atoms with E-state index < -0.39 is 8.25 Å². The summed E-state index contributed by atoms with van der Waals surface area (Å²) in [5.41, 5.74) is 0.439. The lowest BCUT2D eigenvalue weighted by Crippen LogP contribution is -2.25. The molecule has 0 heterocycles. The Balaban J connectivity index is -0.000000150. The van der Waals surface area contributed by atoms with E-state index in [2.05, 4.69) is 16.4 Å². The summed E-state index contributed by atoms with van der Waals surface area (Å²) in [7, 11) is 9.47. The molecule has 0 aliphatic carbocycles. The Labute approximate surface area is 142 Å². The van der Waals surface area contributed by atoms with E-state index in [1.54, 1.807) is 6.92 Å². The van der Waals surface area contributed by atoms with Gasteiger partial charge in [-0.2, -0.15) is 0 Å². The zero-order chi connectivity index (χ0) is 17.4. The second-order valence-electron chi connectivity index (χ2n) is 5.14. The van der Waals surface area contributed by atoms with Crippen LogP contribution in [-0.2, 0) is 13.9 Å². The molecular formula is C13H32ClN3O4P+. The first kappa shape index (κ1) is 29.5. The van der Waals surface area contributed by atoms with Gasteiger partial charge in [0.05, 0.1) is 0 Å². The van der Waals surface area contributed by atoms with Crippen molar-refractivity contribution in [2.45, 2.75) is 13.3 Å². The predicted molar refractivity (Wildman–Crippen MR) is 94.7 cm³/mol. The van der Waals surface area contributed by atoms with Crippen LogP contribution in [0.25, 0.3) is 0 Å². The summed E-state index contributed by atoms with van der Waals surface area (Å²) in [6.07, 6.45) is 0.501. The Bertz CT molecular complexity index is 292. The Morgan fingerprint density at radius 2 is 1.55 bits per heavy atom. The smallest absolute Gasteiger partial charge is 0.352 e. The van der Waals surface area contributed by atoms with Gasteiger partial charge in [0, 0.05) is 16.7 Å². The summed E-state index contributed by atoms with van der Waals surface area (Å²) in [5, 5.41) is 2.56. The topological polar surface area (TPSA) is 82.1 Å². The van der Waals surface area contributed by atoms with E-state index >= 15 is 0 Å². The van der Waals surface area contributed by atoms with Crippen molar-refractivity contribution in [2.75, 3.05) is 55.4 Å². The molecule has 0 aromatic rings. The maximum atomic E-state index is 10.9. The minimum Gasteiger partial charge on any atom is -0.352 e. The van der Waals surface area contributed by atoms with Crippen molar-refractivity contribution in [2.24, 2.45) is 0 Å². The van der Waals surface area contributed by atoms with Crippen molar-refractivity contribution in [3.8, 4) is 0 Å². The van der Waals surface area contributed by atoms with Gasteiger partial charge in [-0.05, 0) is 55.6 Å². The molecule has 0 aliphatic heterocycles. The van der Waals surface area contributed by atoms with Crippen LogP contribution in [0.5, 0.6) is 0 Å². The van der Waals surface area contributed by atoms with Gasteiger partial charge in [0.15, 0.2) is 0 Å². The standard InChI is InChI=1S/C7H12NO4P.2C3H9N.ClH/c1-6(2)7(9)8-4-3-5-12-13(10)11;2*1-4(2)3;/h1,3-5H2,2H3,(H-,8,9,10,11);2*1-3H3;1H/p+1.